The van der Waals surface area contributed by atoms with Gasteiger partial charge in [0.25, 0.3) is 0 Å². The summed E-state index contributed by atoms with van der Waals surface area (Å²) in [5.74, 6) is 1.85. The Balaban J connectivity index is 1.80. The van der Waals surface area contributed by atoms with Gasteiger partial charge in [0, 0.05) is 19.1 Å². The Morgan fingerprint density at radius 3 is 2.00 bits per heavy atom. The molecule has 0 aromatic carbocycles. The lowest BCUT2D eigenvalue weighted by Gasteiger charge is -2.27. The zero-order chi connectivity index (χ0) is 10.8. The summed E-state index contributed by atoms with van der Waals surface area (Å²) in [5.41, 5.74) is 0. The summed E-state index contributed by atoms with van der Waals surface area (Å²) in [6.07, 6.45) is 5.63. The predicted octanol–water partition coefficient (Wildman–Crippen LogP) is 2.39. The van der Waals surface area contributed by atoms with E-state index in [0.29, 0.717) is 6.04 Å². The van der Waals surface area contributed by atoms with Crippen molar-refractivity contribution in [1.29, 1.82) is 0 Å². The molecule has 2 rings (SSSR count). The van der Waals surface area contributed by atoms with Crippen LogP contribution in [0.5, 0.6) is 0 Å². The molecule has 2 saturated carbocycles. The Kier molecular flexibility index (Phi) is 3.49. The van der Waals surface area contributed by atoms with Crippen molar-refractivity contribution in [2.24, 2.45) is 11.8 Å². The Morgan fingerprint density at radius 2 is 1.67 bits per heavy atom. The van der Waals surface area contributed by atoms with E-state index in [1.807, 2.05) is 0 Å². The molecular weight excluding hydrogens is 204 g/mol. The summed E-state index contributed by atoms with van der Waals surface area (Å²) >= 11 is 5.46. The fourth-order valence-electron chi connectivity index (χ4n) is 1.80. The molecule has 1 N–H and O–H groups in total. The van der Waals surface area contributed by atoms with E-state index in [-0.39, 0.29) is 0 Å². The van der Waals surface area contributed by atoms with Crippen LogP contribution < -0.4 is 5.32 Å². The Labute approximate surface area is 98.4 Å². The summed E-state index contributed by atoms with van der Waals surface area (Å²) in [5, 5.41) is 4.34. The molecule has 86 valence electrons. The minimum absolute atomic E-state index is 0.457. The van der Waals surface area contributed by atoms with Crippen LogP contribution in [0.1, 0.15) is 39.5 Å². The second-order valence-corrected chi connectivity index (χ2v) is 5.78. The summed E-state index contributed by atoms with van der Waals surface area (Å²) in [6, 6.07) is 0.457. The average Bonchev–Trinajstić information content (AvgIpc) is 2.95. The summed E-state index contributed by atoms with van der Waals surface area (Å²) in [6.45, 7) is 6.68. The van der Waals surface area contributed by atoms with Crippen molar-refractivity contribution in [3.05, 3.63) is 0 Å². The number of nitrogens with zero attached hydrogens (tertiary/aromatic N) is 1. The normalized spacial score (nSPS) is 20.5. The van der Waals surface area contributed by atoms with Crippen molar-refractivity contribution in [3.8, 4) is 0 Å². The van der Waals surface area contributed by atoms with Gasteiger partial charge in [-0.3, -0.25) is 0 Å². The molecule has 2 aliphatic carbocycles. The van der Waals surface area contributed by atoms with Crippen molar-refractivity contribution < 1.29 is 0 Å². The van der Waals surface area contributed by atoms with Crippen LogP contribution in [0.25, 0.3) is 0 Å². The molecule has 0 atom stereocenters. The van der Waals surface area contributed by atoms with E-state index in [0.717, 1.165) is 16.9 Å². The molecule has 3 heteroatoms. The molecule has 0 heterocycles. The topological polar surface area (TPSA) is 15.3 Å². The third-order valence-electron chi connectivity index (χ3n) is 3.05. The molecule has 0 saturated heterocycles. The van der Waals surface area contributed by atoms with Crippen molar-refractivity contribution in [1.82, 2.24) is 10.2 Å². The molecule has 0 spiro atoms. The van der Waals surface area contributed by atoms with Gasteiger partial charge in [0.15, 0.2) is 5.11 Å². The maximum atomic E-state index is 5.46. The van der Waals surface area contributed by atoms with Crippen molar-refractivity contribution >= 4 is 17.3 Å². The van der Waals surface area contributed by atoms with Crippen LogP contribution in [0.4, 0.5) is 0 Å². The van der Waals surface area contributed by atoms with E-state index >= 15 is 0 Å². The third-order valence-corrected chi connectivity index (χ3v) is 3.43. The summed E-state index contributed by atoms with van der Waals surface area (Å²) in [4.78, 5) is 2.41. The van der Waals surface area contributed by atoms with E-state index in [2.05, 4.69) is 24.1 Å². The highest BCUT2D eigenvalue weighted by Crippen LogP contribution is 2.33. The van der Waals surface area contributed by atoms with Gasteiger partial charge in [-0.1, -0.05) is 0 Å². The molecule has 0 aromatic rings. The predicted molar refractivity (Wildman–Crippen MR) is 67.9 cm³/mol. The highest BCUT2D eigenvalue weighted by molar-refractivity contribution is 7.80. The Morgan fingerprint density at radius 1 is 1.20 bits per heavy atom. The SMILES string of the molecule is CC(C)NC(=S)N(CC1CC1)CC1CC1. The molecule has 2 nitrogen and oxygen atoms in total. The number of rotatable bonds is 5. The highest BCUT2D eigenvalue weighted by Gasteiger charge is 2.30. The van der Waals surface area contributed by atoms with Gasteiger partial charge >= 0.3 is 0 Å². The van der Waals surface area contributed by atoms with Crippen LogP contribution in [0.3, 0.4) is 0 Å². The maximum Gasteiger partial charge on any atom is 0.169 e. The second-order valence-electron chi connectivity index (χ2n) is 5.40. The van der Waals surface area contributed by atoms with Gasteiger partial charge < -0.3 is 10.2 Å². The maximum absolute atomic E-state index is 5.46. The first-order valence-corrected chi connectivity index (χ1v) is 6.61. The largest absolute Gasteiger partial charge is 0.360 e. The molecular formula is C12H22N2S. The van der Waals surface area contributed by atoms with E-state index in [1.54, 1.807) is 0 Å². The number of thiocarbonyl (C=S) groups is 1. The fraction of sp³-hybridized carbons (Fsp3) is 0.917. The van der Waals surface area contributed by atoms with Gasteiger partial charge in [0.05, 0.1) is 0 Å². The molecule has 0 bridgehead atoms. The van der Waals surface area contributed by atoms with Gasteiger partial charge in [0.1, 0.15) is 0 Å². The van der Waals surface area contributed by atoms with E-state index in [9.17, 15) is 0 Å². The van der Waals surface area contributed by atoms with E-state index < -0.39 is 0 Å². The van der Waals surface area contributed by atoms with Gasteiger partial charge in [-0.25, -0.2) is 0 Å². The smallest absolute Gasteiger partial charge is 0.169 e. The standard InChI is InChI=1S/C12H22N2S/c1-9(2)13-12(15)14(7-10-3-4-10)8-11-5-6-11/h9-11H,3-8H2,1-2H3,(H,13,15). The second kappa shape index (κ2) is 4.69. The fourth-order valence-corrected chi connectivity index (χ4v) is 2.19. The van der Waals surface area contributed by atoms with Gasteiger partial charge in [0.2, 0.25) is 0 Å². The first-order valence-electron chi connectivity index (χ1n) is 6.20. The minimum Gasteiger partial charge on any atom is -0.360 e. The molecule has 0 radical (unpaired) electrons. The molecule has 2 fully saturated rings. The first kappa shape index (κ1) is 11.2. The molecule has 2 aliphatic rings. The molecule has 15 heavy (non-hydrogen) atoms. The molecule has 0 amide bonds. The molecule has 0 aromatic heterocycles. The Hall–Kier alpha value is -0.310. The van der Waals surface area contributed by atoms with Crippen LogP contribution in [-0.2, 0) is 0 Å². The van der Waals surface area contributed by atoms with Crippen LogP contribution in [0, 0.1) is 11.8 Å². The van der Waals surface area contributed by atoms with Crippen LogP contribution in [0.15, 0.2) is 0 Å². The van der Waals surface area contributed by atoms with E-state index in [1.165, 1.54) is 38.8 Å². The van der Waals surface area contributed by atoms with Gasteiger partial charge in [-0.15, -0.1) is 0 Å². The zero-order valence-corrected chi connectivity index (χ0v) is 10.6. The number of hydrogen-bond donors (Lipinski definition) is 1. The van der Waals surface area contributed by atoms with E-state index in [4.69, 9.17) is 12.2 Å². The van der Waals surface area contributed by atoms with Crippen LogP contribution in [0.2, 0.25) is 0 Å². The quantitative estimate of drug-likeness (QED) is 0.725. The molecule has 0 unspecified atom stereocenters. The summed E-state index contributed by atoms with van der Waals surface area (Å²) < 4.78 is 0. The van der Waals surface area contributed by atoms with Crippen LogP contribution >= 0.6 is 12.2 Å². The third kappa shape index (κ3) is 3.98. The summed E-state index contributed by atoms with van der Waals surface area (Å²) in [7, 11) is 0. The van der Waals surface area contributed by atoms with Crippen molar-refractivity contribution in [2.45, 2.75) is 45.6 Å². The lowest BCUT2D eigenvalue weighted by atomic mass is 10.3. The average molecular weight is 226 g/mol. The van der Waals surface area contributed by atoms with Crippen LogP contribution in [-0.4, -0.2) is 29.1 Å². The molecule has 0 aliphatic heterocycles. The van der Waals surface area contributed by atoms with Gasteiger partial charge in [-0.05, 0) is 63.6 Å². The zero-order valence-electron chi connectivity index (χ0n) is 9.83. The minimum atomic E-state index is 0.457. The lowest BCUT2D eigenvalue weighted by molar-refractivity contribution is 0.374. The Bertz CT molecular complexity index is 218. The highest BCUT2D eigenvalue weighted by atomic mass is 32.1. The number of nitrogens with one attached hydrogen (secondary N) is 1. The number of hydrogen-bond acceptors (Lipinski definition) is 1. The first-order chi connectivity index (χ1) is 7.15. The lowest BCUT2D eigenvalue weighted by Crippen LogP contribution is -2.44. The van der Waals surface area contributed by atoms with Gasteiger partial charge in [-0.2, -0.15) is 0 Å². The van der Waals surface area contributed by atoms with Crippen molar-refractivity contribution in [2.75, 3.05) is 13.1 Å². The van der Waals surface area contributed by atoms with Crippen molar-refractivity contribution in [3.63, 3.8) is 0 Å². The monoisotopic (exact) mass is 226 g/mol.